The first-order chi connectivity index (χ1) is 13.2. The smallest absolute Gasteiger partial charge is 0.328 e. The Morgan fingerprint density at radius 2 is 0.750 bits per heavy atom. The number of carbonyl (C=O) groups is 2. The zero-order valence-corrected chi connectivity index (χ0v) is 16.8. The molecule has 0 saturated carbocycles. The van der Waals surface area contributed by atoms with Gasteiger partial charge in [0.15, 0.2) is 0 Å². The van der Waals surface area contributed by atoms with Gasteiger partial charge in [-0.2, -0.15) is 0 Å². The molecule has 4 heteroatoms. The van der Waals surface area contributed by atoms with Crippen LogP contribution in [0.5, 0.6) is 0 Å². The number of aliphatic carboxylic acids is 2. The molecule has 2 N–H and O–H groups in total. The summed E-state index contributed by atoms with van der Waals surface area (Å²) in [7, 11) is 0. The van der Waals surface area contributed by atoms with Crippen LogP contribution in [0.3, 0.4) is 0 Å². The second kappa shape index (κ2) is 14.7. The first-order valence-corrected chi connectivity index (χ1v) is 8.74. The maximum Gasteiger partial charge on any atom is 0.328 e. The summed E-state index contributed by atoms with van der Waals surface area (Å²) in [6, 6.07) is 0. The highest BCUT2D eigenvalue weighted by atomic mass is 16.4. The molecule has 0 aromatic carbocycles. The molecule has 4 nitrogen and oxygen atoms in total. The highest BCUT2D eigenvalue weighted by Gasteiger charge is 1.86. The Labute approximate surface area is 167 Å². The van der Waals surface area contributed by atoms with Gasteiger partial charge in [-0.3, -0.25) is 0 Å². The van der Waals surface area contributed by atoms with Gasteiger partial charge in [0, 0.05) is 12.2 Å². The van der Waals surface area contributed by atoms with E-state index in [0.29, 0.717) is 0 Å². The molecule has 148 valence electrons. The van der Waals surface area contributed by atoms with Gasteiger partial charge in [-0.15, -0.1) is 0 Å². The van der Waals surface area contributed by atoms with Crippen LogP contribution in [0.15, 0.2) is 107 Å². The molecule has 0 amide bonds. The summed E-state index contributed by atoms with van der Waals surface area (Å²) >= 11 is 0. The summed E-state index contributed by atoms with van der Waals surface area (Å²) in [6.45, 7) is 7.63. The molecular formula is C24H28O4. The third-order valence-electron chi connectivity index (χ3n) is 3.24. The van der Waals surface area contributed by atoms with Gasteiger partial charge >= 0.3 is 11.9 Å². The zero-order valence-electron chi connectivity index (χ0n) is 16.8. The molecule has 0 unspecified atom stereocenters. The van der Waals surface area contributed by atoms with Crippen LogP contribution in [0.2, 0.25) is 0 Å². The minimum Gasteiger partial charge on any atom is -0.478 e. The highest BCUT2D eigenvalue weighted by molar-refractivity contribution is 5.80. The average molecular weight is 380 g/mol. The first kappa shape index (κ1) is 24.6. The van der Waals surface area contributed by atoms with Gasteiger partial charge in [0.25, 0.3) is 0 Å². The van der Waals surface area contributed by atoms with Crippen molar-refractivity contribution >= 4 is 11.9 Å². The van der Waals surface area contributed by atoms with Crippen LogP contribution in [0.1, 0.15) is 27.7 Å². The normalized spacial score (nSPS) is 15.1. The van der Waals surface area contributed by atoms with Gasteiger partial charge < -0.3 is 10.2 Å². The van der Waals surface area contributed by atoms with Crippen molar-refractivity contribution < 1.29 is 19.8 Å². The van der Waals surface area contributed by atoms with E-state index in [9.17, 15) is 9.59 Å². The van der Waals surface area contributed by atoms with Crippen molar-refractivity contribution in [3.8, 4) is 0 Å². The highest BCUT2D eigenvalue weighted by Crippen LogP contribution is 2.02. The van der Waals surface area contributed by atoms with Crippen molar-refractivity contribution in [2.75, 3.05) is 0 Å². The number of carboxylic acids is 2. The maximum absolute atomic E-state index is 10.4. The number of allylic oxidation sites excluding steroid dienone is 16. The lowest BCUT2D eigenvalue weighted by molar-refractivity contribution is -0.132. The SMILES string of the molecule is CC(C=CC=C(C)C=CC(=O)O)=CC=CC=C(C)C=CC=C(C)C=CC(=O)O. The molecule has 0 heterocycles. The molecule has 0 aliphatic carbocycles. The molecular weight excluding hydrogens is 352 g/mol. The number of hydrogen-bond donors (Lipinski definition) is 2. The Hall–Kier alpha value is -3.40. The van der Waals surface area contributed by atoms with E-state index in [1.165, 1.54) is 0 Å². The predicted molar refractivity (Wildman–Crippen MR) is 116 cm³/mol. The van der Waals surface area contributed by atoms with Crippen LogP contribution < -0.4 is 0 Å². The van der Waals surface area contributed by atoms with Crippen LogP contribution in [-0.2, 0) is 9.59 Å². The Bertz CT molecular complexity index is 740. The van der Waals surface area contributed by atoms with Crippen LogP contribution in [0.25, 0.3) is 0 Å². The number of carboxylic acid groups (broad SMARTS) is 2. The van der Waals surface area contributed by atoms with Gasteiger partial charge in [-0.1, -0.05) is 95.2 Å². The second-order valence-corrected chi connectivity index (χ2v) is 6.09. The van der Waals surface area contributed by atoms with Gasteiger partial charge in [0.2, 0.25) is 0 Å². The lowest BCUT2D eigenvalue weighted by Gasteiger charge is -1.90. The minimum atomic E-state index is -0.961. The topological polar surface area (TPSA) is 74.6 Å². The van der Waals surface area contributed by atoms with Gasteiger partial charge in [-0.25, -0.2) is 9.59 Å². The fourth-order valence-corrected chi connectivity index (χ4v) is 1.75. The summed E-state index contributed by atoms with van der Waals surface area (Å²) < 4.78 is 0. The zero-order chi connectivity index (χ0) is 21.4. The quantitative estimate of drug-likeness (QED) is 0.375. The van der Waals surface area contributed by atoms with E-state index in [-0.39, 0.29) is 0 Å². The summed E-state index contributed by atoms with van der Waals surface area (Å²) in [6.07, 6.45) is 24.5. The number of hydrogen-bond acceptors (Lipinski definition) is 2. The van der Waals surface area contributed by atoms with E-state index in [1.54, 1.807) is 12.2 Å². The molecule has 0 aromatic heterocycles. The van der Waals surface area contributed by atoms with Crippen molar-refractivity contribution in [2.24, 2.45) is 0 Å². The molecule has 0 saturated heterocycles. The first-order valence-electron chi connectivity index (χ1n) is 8.74. The molecule has 28 heavy (non-hydrogen) atoms. The lowest BCUT2D eigenvalue weighted by Crippen LogP contribution is -1.85. The van der Waals surface area contributed by atoms with E-state index < -0.39 is 11.9 Å². The van der Waals surface area contributed by atoms with Crippen LogP contribution in [0, 0.1) is 0 Å². The van der Waals surface area contributed by atoms with Gasteiger partial charge in [-0.05, 0) is 27.7 Å². The Morgan fingerprint density at radius 1 is 0.464 bits per heavy atom. The van der Waals surface area contributed by atoms with Gasteiger partial charge in [0.1, 0.15) is 0 Å². The molecule has 0 aliphatic rings. The van der Waals surface area contributed by atoms with E-state index >= 15 is 0 Å². The van der Waals surface area contributed by atoms with Crippen molar-refractivity contribution in [1.82, 2.24) is 0 Å². The lowest BCUT2D eigenvalue weighted by atomic mass is 10.2. The van der Waals surface area contributed by atoms with E-state index in [1.807, 2.05) is 88.5 Å². The molecule has 0 radical (unpaired) electrons. The van der Waals surface area contributed by atoms with Crippen molar-refractivity contribution in [3.63, 3.8) is 0 Å². The molecule has 0 rings (SSSR count). The molecule has 0 atom stereocenters. The summed E-state index contributed by atoms with van der Waals surface area (Å²) in [4.78, 5) is 20.9. The molecule has 0 aromatic rings. The monoisotopic (exact) mass is 380 g/mol. The summed E-state index contributed by atoms with van der Waals surface area (Å²) in [5.74, 6) is -1.92. The molecule has 0 aliphatic heterocycles. The predicted octanol–water partition coefficient (Wildman–Crippen LogP) is 5.72. The van der Waals surface area contributed by atoms with Crippen LogP contribution in [0.4, 0.5) is 0 Å². The number of rotatable bonds is 10. The largest absolute Gasteiger partial charge is 0.478 e. The molecule has 0 spiro atoms. The summed E-state index contributed by atoms with van der Waals surface area (Å²) in [5, 5.41) is 17.1. The third-order valence-corrected chi connectivity index (χ3v) is 3.24. The average Bonchev–Trinajstić information content (AvgIpc) is 2.61. The van der Waals surface area contributed by atoms with Crippen molar-refractivity contribution in [3.05, 3.63) is 107 Å². The summed E-state index contributed by atoms with van der Waals surface area (Å²) in [5.41, 5.74) is 3.84. The standard InChI is InChI=1S/C24H28O4/c1-19(11-7-13-21(3)15-17-23(25)26)9-5-6-10-20(2)12-8-14-22(4)16-18-24(27)28/h5-18H,1-4H3,(H,25,26)(H,27,28). The van der Waals surface area contributed by atoms with Crippen LogP contribution >= 0.6 is 0 Å². The molecule has 0 bridgehead atoms. The Kier molecular flexibility index (Phi) is 12.9. The fraction of sp³-hybridized carbons (Fsp3) is 0.167. The van der Waals surface area contributed by atoms with E-state index in [0.717, 1.165) is 34.4 Å². The fourth-order valence-electron chi connectivity index (χ4n) is 1.75. The van der Waals surface area contributed by atoms with Crippen molar-refractivity contribution in [1.29, 1.82) is 0 Å². The van der Waals surface area contributed by atoms with E-state index in [2.05, 4.69) is 0 Å². The van der Waals surface area contributed by atoms with Crippen molar-refractivity contribution in [2.45, 2.75) is 27.7 Å². The van der Waals surface area contributed by atoms with Crippen LogP contribution in [-0.4, -0.2) is 22.2 Å². The third kappa shape index (κ3) is 16.1. The van der Waals surface area contributed by atoms with Gasteiger partial charge in [0.05, 0.1) is 0 Å². The minimum absolute atomic E-state index is 0.857. The Balaban J connectivity index is 4.66. The second-order valence-electron chi connectivity index (χ2n) is 6.09. The Morgan fingerprint density at radius 3 is 1.07 bits per heavy atom. The molecule has 0 fully saturated rings. The maximum atomic E-state index is 10.4. The van der Waals surface area contributed by atoms with E-state index in [4.69, 9.17) is 10.2 Å².